The number of rotatable bonds is 3. The highest BCUT2D eigenvalue weighted by molar-refractivity contribution is 7.86. The van der Waals surface area contributed by atoms with Crippen LogP contribution in [0.5, 0.6) is 0 Å². The second-order valence-corrected chi connectivity index (χ2v) is 7.72. The predicted octanol–water partition coefficient (Wildman–Crippen LogP) is 0.863. The molecule has 0 bridgehead atoms. The topological polar surface area (TPSA) is 61.9 Å². The molecule has 0 saturated carbocycles. The molecule has 2 aliphatic heterocycles. The van der Waals surface area contributed by atoms with Crippen molar-refractivity contribution in [3.63, 3.8) is 0 Å². The molecule has 0 radical (unpaired) electrons. The Kier molecular flexibility index (Phi) is 5.01. The van der Waals surface area contributed by atoms with Crippen LogP contribution in [0.4, 0.5) is 0 Å². The van der Waals surface area contributed by atoms with Crippen molar-refractivity contribution < 1.29 is 13.2 Å². The number of benzene rings is 1. The lowest BCUT2D eigenvalue weighted by atomic mass is 10.1. The van der Waals surface area contributed by atoms with Crippen molar-refractivity contribution in [2.75, 3.05) is 45.9 Å². The second kappa shape index (κ2) is 6.82. The number of halogens is 1. The van der Waals surface area contributed by atoms with Crippen LogP contribution in [0.15, 0.2) is 24.3 Å². The average molecular weight is 346 g/mol. The number of ether oxygens (including phenoxy) is 1. The largest absolute Gasteiger partial charge is 0.379 e. The van der Waals surface area contributed by atoms with Crippen molar-refractivity contribution in [3.05, 3.63) is 34.9 Å². The fourth-order valence-corrected chi connectivity index (χ4v) is 4.83. The molecule has 0 amide bonds. The van der Waals surface area contributed by atoms with Crippen LogP contribution in [0.25, 0.3) is 0 Å². The minimum atomic E-state index is -3.49. The van der Waals surface area contributed by atoms with Crippen molar-refractivity contribution >= 4 is 21.8 Å². The minimum absolute atomic E-state index is 0.236. The first-order chi connectivity index (χ1) is 10.6. The van der Waals surface area contributed by atoms with E-state index in [-0.39, 0.29) is 6.04 Å². The van der Waals surface area contributed by atoms with Crippen molar-refractivity contribution in [1.29, 1.82) is 0 Å². The zero-order chi connectivity index (χ0) is 15.6. The van der Waals surface area contributed by atoms with Gasteiger partial charge in [-0.3, -0.25) is 0 Å². The maximum atomic E-state index is 12.9. The number of piperazine rings is 1. The Morgan fingerprint density at radius 1 is 1.23 bits per heavy atom. The van der Waals surface area contributed by atoms with Crippen LogP contribution in [0.2, 0.25) is 5.02 Å². The molecule has 2 fully saturated rings. The summed E-state index contributed by atoms with van der Waals surface area (Å²) in [5.41, 5.74) is 0.913. The Hall–Kier alpha value is -0.700. The van der Waals surface area contributed by atoms with Gasteiger partial charge in [-0.15, -0.1) is 0 Å². The van der Waals surface area contributed by atoms with Crippen molar-refractivity contribution in [2.24, 2.45) is 0 Å². The molecule has 0 spiro atoms. The summed E-state index contributed by atoms with van der Waals surface area (Å²) in [6.45, 7) is 3.42. The van der Waals surface area contributed by atoms with Gasteiger partial charge in [0.25, 0.3) is 10.2 Å². The molecule has 1 aromatic rings. The van der Waals surface area contributed by atoms with Gasteiger partial charge in [0, 0.05) is 37.7 Å². The Bertz CT molecular complexity index is 620. The van der Waals surface area contributed by atoms with Gasteiger partial charge >= 0.3 is 0 Å². The summed E-state index contributed by atoms with van der Waals surface area (Å²) in [6, 6.07) is 7.17. The van der Waals surface area contributed by atoms with Crippen molar-refractivity contribution in [3.8, 4) is 0 Å². The molecule has 1 aromatic carbocycles. The van der Waals surface area contributed by atoms with Gasteiger partial charge in [-0.25, -0.2) is 0 Å². The van der Waals surface area contributed by atoms with Crippen LogP contribution < -0.4 is 5.32 Å². The van der Waals surface area contributed by atoms with E-state index in [0.29, 0.717) is 51.0 Å². The lowest BCUT2D eigenvalue weighted by Gasteiger charge is -2.39. The van der Waals surface area contributed by atoms with E-state index in [9.17, 15) is 8.42 Å². The quantitative estimate of drug-likeness (QED) is 0.882. The molecule has 3 rings (SSSR count). The van der Waals surface area contributed by atoms with Crippen LogP contribution in [0.1, 0.15) is 11.6 Å². The molecule has 0 aliphatic carbocycles. The van der Waals surface area contributed by atoms with Crippen LogP contribution in [0, 0.1) is 0 Å². The van der Waals surface area contributed by atoms with E-state index in [1.807, 2.05) is 18.2 Å². The molecule has 1 N–H and O–H groups in total. The first-order valence-electron chi connectivity index (χ1n) is 7.40. The summed E-state index contributed by atoms with van der Waals surface area (Å²) in [4.78, 5) is 0. The van der Waals surface area contributed by atoms with E-state index < -0.39 is 10.2 Å². The van der Waals surface area contributed by atoms with E-state index in [2.05, 4.69) is 5.32 Å². The van der Waals surface area contributed by atoms with E-state index in [0.717, 1.165) is 5.56 Å². The smallest absolute Gasteiger partial charge is 0.282 e. The van der Waals surface area contributed by atoms with Crippen molar-refractivity contribution in [2.45, 2.75) is 6.04 Å². The zero-order valence-electron chi connectivity index (χ0n) is 12.2. The molecule has 8 heteroatoms. The first-order valence-corrected chi connectivity index (χ1v) is 9.17. The molecule has 2 saturated heterocycles. The Balaban J connectivity index is 1.88. The third kappa shape index (κ3) is 3.29. The van der Waals surface area contributed by atoms with Gasteiger partial charge in [-0.05, 0) is 17.7 Å². The molecule has 6 nitrogen and oxygen atoms in total. The molecule has 1 unspecified atom stereocenters. The summed E-state index contributed by atoms with van der Waals surface area (Å²) in [5, 5.41) is 3.88. The summed E-state index contributed by atoms with van der Waals surface area (Å²) in [7, 11) is -3.49. The number of hydrogen-bond acceptors (Lipinski definition) is 4. The standard InChI is InChI=1S/C14H20ClN3O3S/c15-13-3-1-2-12(10-13)14-11-16-4-5-18(14)22(19,20)17-6-8-21-9-7-17/h1-3,10,14,16H,4-9,11H2. The second-order valence-electron chi connectivity index (χ2n) is 5.40. The van der Waals surface area contributed by atoms with Crippen LogP contribution in [0.3, 0.4) is 0 Å². The molecule has 1 atom stereocenters. The van der Waals surface area contributed by atoms with Gasteiger partial charge in [0.2, 0.25) is 0 Å². The fourth-order valence-electron chi connectivity index (χ4n) is 2.89. The molecule has 0 aromatic heterocycles. The van der Waals surface area contributed by atoms with Crippen LogP contribution in [-0.4, -0.2) is 63.0 Å². The molecular weight excluding hydrogens is 326 g/mol. The molecule has 22 heavy (non-hydrogen) atoms. The Morgan fingerprint density at radius 2 is 2.00 bits per heavy atom. The number of morpholine rings is 1. The molecule has 2 aliphatic rings. The zero-order valence-corrected chi connectivity index (χ0v) is 13.8. The molecule has 122 valence electrons. The number of nitrogens with one attached hydrogen (secondary N) is 1. The Morgan fingerprint density at radius 3 is 2.73 bits per heavy atom. The SMILES string of the molecule is O=S(=O)(N1CCOCC1)N1CCNCC1c1cccc(Cl)c1. The van der Waals surface area contributed by atoms with E-state index >= 15 is 0 Å². The highest BCUT2D eigenvalue weighted by Crippen LogP contribution is 2.28. The maximum absolute atomic E-state index is 12.9. The monoisotopic (exact) mass is 345 g/mol. The predicted molar refractivity (Wildman–Crippen MR) is 85.1 cm³/mol. The Labute approximate surface area is 136 Å². The van der Waals surface area contributed by atoms with Gasteiger partial charge < -0.3 is 10.1 Å². The lowest BCUT2D eigenvalue weighted by molar-refractivity contribution is 0.0685. The normalized spacial score (nSPS) is 25.2. The summed E-state index contributed by atoms with van der Waals surface area (Å²) >= 11 is 6.06. The highest BCUT2D eigenvalue weighted by Gasteiger charge is 2.37. The maximum Gasteiger partial charge on any atom is 0.282 e. The van der Waals surface area contributed by atoms with Gasteiger partial charge in [0.05, 0.1) is 19.3 Å². The van der Waals surface area contributed by atoms with Crippen LogP contribution >= 0.6 is 11.6 Å². The molecular formula is C14H20ClN3O3S. The summed E-state index contributed by atoms with van der Waals surface area (Å²) in [6.07, 6.45) is 0. The minimum Gasteiger partial charge on any atom is -0.379 e. The van der Waals surface area contributed by atoms with Gasteiger partial charge in [0.1, 0.15) is 0 Å². The summed E-state index contributed by atoms with van der Waals surface area (Å²) in [5.74, 6) is 0. The van der Waals surface area contributed by atoms with Gasteiger partial charge in [-0.2, -0.15) is 17.0 Å². The lowest BCUT2D eigenvalue weighted by Crippen LogP contribution is -2.55. The fraction of sp³-hybridized carbons (Fsp3) is 0.571. The number of nitrogens with zero attached hydrogens (tertiary/aromatic N) is 2. The highest BCUT2D eigenvalue weighted by atomic mass is 35.5. The number of hydrogen-bond donors (Lipinski definition) is 1. The first kappa shape index (κ1) is 16.2. The van der Waals surface area contributed by atoms with E-state index in [4.69, 9.17) is 16.3 Å². The van der Waals surface area contributed by atoms with Crippen molar-refractivity contribution in [1.82, 2.24) is 13.9 Å². The molecule has 2 heterocycles. The van der Waals surface area contributed by atoms with E-state index in [1.54, 1.807) is 10.4 Å². The van der Waals surface area contributed by atoms with Crippen LogP contribution in [-0.2, 0) is 14.9 Å². The van der Waals surface area contributed by atoms with Gasteiger partial charge in [0.15, 0.2) is 0 Å². The third-order valence-corrected chi connectivity index (χ3v) is 6.30. The third-order valence-electron chi connectivity index (χ3n) is 4.02. The summed E-state index contributed by atoms with van der Waals surface area (Å²) < 4.78 is 34.2. The average Bonchev–Trinajstić information content (AvgIpc) is 2.56. The van der Waals surface area contributed by atoms with E-state index in [1.165, 1.54) is 4.31 Å². The van der Waals surface area contributed by atoms with Gasteiger partial charge in [-0.1, -0.05) is 23.7 Å².